The fourth-order valence-electron chi connectivity index (χ4n) is 3.31. The van der Waals surface area contributed by atoms with E-state index in [2.05, 4.69) is 23.7 Å². The lowest BCUT2D eigenvalue weighted by Gasteiger charge is -2.34. The van der Waals surface area contributed by atoms with E-state index in [4.69, 9.17) is 4.98 Å². The van der Waals surface area contributed by atoms with Gasteiger partial charge in [0.05, 0.1) is 11.1 Å². The number of carbonyl (C=O) groups excluding carboxylic acids is 1. The van der Waals surface area contributed by atoms with Crippen LogP contribution < -0.4 is 4.90 Å². The second-order valence-corrected chi connectivity index (χ2v) is 7.73. The van der Waals surface area contributed by atoms with Gasteiger partial charge in [0.1, 0.15) is 0 Å². The normalized spacial score (nSPS) is 15.0. The van der Waals surface area contributed by atoms with Crippen LogP contribution in [0.25, 0.3) is 10.9 Å². The number of carbonyl (C=O) groups is 1. The number of pyridine rings is 1. The molecule has 1 saturated heterocycles. The van der Waals surface area contributed by atoms with E-state index < -0.39 is 0 Å². The van der Waals surface area contributed by atoms with Gasteiger partial charge in [0.15, 0.2) is 5.13 Å². The number of hydrogen-bond acceptors (Lipinski definition) is 5. The summed E-state index contributed by atoms with van der Waals surface area (Å²) < 4.78 is 0. The van der Waals surface area contributed by atoms with Gasteiger partial charge >= 0.3 is 0 Å². The molecule has 0 bridgehead atoms. The van der Waals surface area contributed by atoms with Gasteiger partial charge in [-0.3, -0.25) is 9.78 Å². The van der Waals surface area contributed by atoms with Crippen LogP contribution in [-0.2, 0) is 0 Å². The van der Waals surface area contributed by atoms with E-state index >= 15 is 0 Å². The molecule has 26 heavy (non-hydrogen) atoms. The summed E-state index contributed by atoms with van der Waals surface area (Å²) in [7, 11) is 0. The molecule has 0 aliphatic carbocycles. The Hall–Kier alpha value is -2.47. The van der Waals surface area contributed by atoms with E-state index in [1.807, 2.05) is 46.8 Å². The molecule has 1 amide bonds. The number of amides is 1. The number of rotatable bonds is 3. The number of benzene rings is 1. The maximum absolute atomic E-state index is 13.2. The summed E-state index contributed by atoms with van der Waals surface area (Å²) in [5.41, 5.74) is 2.62. The van der Waals surface area contributed by atoms with Crippen molar-refractivity contribution in [3.8, 4) is 0 Å². The number of aromatic nitrogens is 2. The first kappa shape index (κ1) is 17.0. The van der Waals surface area contributed by atoms with E-state index in [0.717, 1.165) is 40.4 Å². The van der Waals surface area contributed by atoms with Crippen molar-refractivity contribution in [3.63, 3.8) is 0 Å². The predicted molar refractivity (Wildman–Crippen MR) is 106 cm³/mol. The van der Waals surface area contributed by atoms with Gasteiger partial charge in [-0.25, -0.2) is 4.98 Å². The fraction of sp³-hybridized carbons (Fsp3) is 0.350. The third kappa shape index (κ3) is 3.17. The Kier molecular flexibility index (Phi) is 4.59. The van der Waals surface area contributed by atoms with Gasteiger partial charge in [-0.1, -0.05) is 32.0 Å². The summed E-state index contributed by atoms with van der Waals surface area (Å²) >= 11 is 1.65. The Balaban J connectivity index is 1.60. The minimum Gasteiger partial charge on any atom is -0.345 e. The van der Waals surface area contributed by atoms with Gasteiger partial charge in [0.25, 0.3) is 5.91 Å². The molecule has 6 heteroatoms. The van der Waals surface area contributed by atoms with Crippen LogP contribution in [0.15, 0.2) is 41.9 Å². The quantitative estimate of drug-likeness (QED) is 0.708. The molecule has 134 valence electrons. The van der Waals surface area contributed by atoms with Gasteiger partial charge in [-0.05, 0) is 18.1 Å². The van der Waals surface area contributed by atoms with Crippen molar-refractivity contribution >= 4 is 33.3 Å². The van der Waals surface area contributed by atoms with Gasteiger partial charge in [0.2, 0.25) is 0 Å². The Bertz CT molecular complexity index is 915. The molecular weight excluding hydrogens is 344 g/mol. The minimum absolute atomic E-state index is 0.101. The fourth-order valence-corrected chi connectivity index (χ4v) is 4.01. The highest BCUT2D eigenvalue weighted by Crippen LogP contribution is 2.25. The van der Waals surface area contributed by atoms with Gasteiger partial charge < -0.3 is 9.80 Å². The average molecular weight is 366 g/mol. The van der Waals surface area contributed by atoms with E-state index in [1.54, 1.807) is 11.3 Å². The van der Waals surface area contributed by atoms with Crippen LogP contribution in [0.1, 0.15) is 35.8 Å². The van der Waals surface area contributed by atoms with Crippen LogP contribution in [0.3, 0.4) is 0 Å². The number of thiazole rings is 1. The molecule has 1 fully saturated rings. The van der Waals surface area contributed by atoms with Gasteiger partial charge in [0, 0.05) is 48.8 Å². The molecule has 1 aromatic carbocycles. The standard InChI is InChI=1S/C20H22N4OS/c1-14(2)18-13-16(15-5-3-4-6-17(15)22-18)19(25)23-8-10-24(11-9-23)20-21-7-12-26-20/h3-7,12-14H,8-11H2,1-2H3. The highest BCUT2D eigenvalue weighted by Gasteiger charge is 2.25. The monoisotopic (exact) mass is 366 g/mol. The van der Waals surface area contributed by atoms with E-state index in [-0.39, 0.29) is 11.8 Å². The van der Waals surface area contributed by atoms with Crippen LogP contribution in [0.5, 0.6) is 0 Å². The Morgan fingerprint density at radius 2 is 1.92 bits per heavy atom. The zero-order valence-corrected chi connectivity index (χ0v) is 15.9. The highest BCUT2D eigenvalue weighted by molar-refractivity contribution is 7.13. The van der Waals surface area contributed by atoms with E-state index in [1.165, 1.54) is 0 Å². The van der Waals surface area contributed by atoms with Crippen LogP contribution in [0.4, 0.5) is 5.13 Å². The lowest BCUT2D eigenvalue weighted by atomic mass is 10.0. The summed E-state index contributed by atoms with van der Waals surface area (Å²) in [6.45, 7) is 7.28. The number of fused-ring (bicyclic) bond motifs is 1. The molecule has 0 saturated carbocycles. The van der Waals surface area contributed by atoms with Crippen molar-refractivity contribution in [2.24, 2.45) is 0 Å². The number of nitrogens with zero attached hydrogens (tertiary/aromatic N) is 4. The first-order valence-corrected chi connectivity index (χ1v) is 9.85. The number of anilines is 1. The third-order valence-electron chi connectivity index (χ3n) is 4.81. The van der Waals surface area contributed by atoms with Crippen molar-refractivity contribution in [1.82, 2.24) is 14.9 Å². The molecular formula is C20H22N4OS. The zero-order chi connectivity index (χ0) is 18.1. The molecule has 0 radical (unpaired) electrons. The van der Waals surface area contributed by atoms with Crippen molar-refractivity contribution in [3.05, 3.63) is 53.2 Å². The molecule has 1 aliphatic heterocycles. The highest BCUT2D eigenvalue weighted by atomic mass is 32.1. The first-order chi connectivity index (χ1) is 12.6. The molecule has 1 aliphatic rings. The number of piperazine rings is 1. The maximum atomic E-state index is 13.2. The lowest BCUT2D eigenvalue weighted by molar-refractivity contribution is 0.0748. The van der Waals surface area contributed by atoms with Crippen molar-refractivity contribution in [2.75, 3.05) is 31.1 Å². The second-order valence-electron chi connectivity index (χ2n) is 6.86. The SMILES string of the molecule is CC(C)c1cc(C(=O)N2CCN(c3nccs3)CC2)c2ccccc2n1. The predicted octanol–water partition coefficient (Wildman–Crippen LogP) is 3.78. The topological polar surface area (TPSA) is 49.3 Å². The van der Waals surface area contributed by atoms with Gasteiger partial charge in [-0.2, -0.15) is 0 Å². The molecule has 3 aromatic rings. The molecule has 4 rings (SSSR count). The Morgan fingerprint density at radius 3 is 2.62 bits per heavy atom. The largest absolute Gasteiger partial charge is 0.345 e. The van der Waals surface area contributed by atoms with Crippen molar-refractivity contribution in [2.45, 2.75) is 19.8 Å². The van der Waals surface area contributed by atoms with E-state index in [9.17, 15) is 4.79 Å². The Morgan fingerprint density at radius 1 is 1.15 bits per heavy atom. The second kappa shape index (κ2) is 7.03. The zero-order valence-electron chi connectivity index (χ0n) is 15.1. The molecule has 0 spiro atoms. The minimum atomic E-state index is 0.101. The molecule has 5 nitrogen and oxygen atoms in total. The summed E-state index contributed by atoms with van der Waals surface area (Å²) in [5, 5.41) is 3.96. The summed E-state index contributed by atoms with van der Waals surface area (Å²) in [6, 6.07) is 9.89. The molecule has 3 heterocycles. The summed E-state index contributed by atoms with van der Waals surface area (Å²) in [5.74, 6) is 0.386. The molecule has 0 unspecified atom stereocenters. The van der Waals surface area contributed by atoms with Crippen LogP contribution in [-0.4, -0.2) is 47.0 Å². The van der Waals surface area contributed by atoms with Crippen molar-refractivity contribution in [1.29, 1.82) is 0 Å². The van der Waals surface area contributed by atoms with Crippen LogP contribution in [0.2, 0.25) is 0 Å². The molecule has 2 aromatic heterocycles. The maximum Gasteiger partial charge on any atom is 0.254 e. The smallest absolute Gasteiger partial charge is 0.254 e. The first-order valence-electron chi connectivity index (χ1n) is 8.97. The van der Waals surface area contributed by atoms with Crippen molar-refractivity contribution < 1.29 is 4.79 Å². The Labute approximate surface area is 157 Å². The molecule has 0 N–H and O–H groups in total. The number of hydrogen-bond donors (Lipinski definition) is 0. The summed E-state index contributed by atoms with van der Waals surface area (Å²) in [4.78, 5) is 26.5. The molecule has 0 atom stereocenters. The third-order valence-corrected chi connectivity index (χ3v) is 5.65. The summed E-state index contributed by atoms with van der Waals surface area (Å²) in [6.07, 6.45) is 1.83. The van der Waals surface area contributed by atoms with Gasteiger partial charge in [-0.15, -0.1) is 11.3 Å². The van der Waals surface area contributed by atoms with Crippen LogP contribution >= 0.6 is 11.3 Å². The van der Waals surface area contributed by atoms with Crippen LogP contribution in [0, 0.1) is 0 Å². The average Bonchev–Trinajstić information content (AvgIpc) is 3.21. The lowest BCUT2D eigenvalue weighted by Crippen LogP contribution is -2.48. The number of para-hydroxylation sites is 1. The van der Waals surface area contributed by atoms with E-state index in [0.29, 0.717) is 13.1 Å².